The zero-order valence-electron chi connectivity index (χ0n) is 8.69. The van der Waals surface area contributed by atoms with Gasteiger partial charge in [0.05, 0.1) is 18.5 Å². The highest BCUT2D eigenvalue weighted by Gasteiger charge is 2.05. The second-order valence-corrected chi connectivity index (χ2v) is 2.78. The number of benzene rings is 1. The number of nitrogens with one attached hydrogen (secondary N) is 1. The Bertz CT molecular complexity index is 462. The van der Waals surface area contributed by atoms with Crippen LogP contribution in [0.1, 0.15) is 0 Å². The average Bonchev–Trinajstić information content (AvgIpc) is 2.31. The molecule has 0 atom stereocenters. The number of anilines is 1. The SMILES string of the molecule is C=CC(=O)Nc1ccc(N=C=O)cc1OC. The molecule has 1 rings (SSSR count). The predicted octanol–water partition coefficient (Wildman–Crippen LogP) is 1.79. The van der Waals surface area contributed by atoms with Gasteiger partial charge in [-0.05, 0) is 18.2 Å². The van der Waals surface area contributed by atoms with Gasteiger partial charge in [0.1, 0.15) is 5.75 Å². The molecule has 5 nitrogen and oxygen atoms in total. The number of methoxy groups -OCH3 is 1. The molecule has 0 spiro atoms. The molecule has 1 amide bonds. The van der Waals surface area contributed by atoms with Crippen LogP contribution in [0.5, 0.6) is 5.75 Å². The van der Waals surface area contributed by atoms with E-state index in [2.05, 4.69) is 16.9 Å². The van der Waals surface area contributed by atoms with Crippen molar-refractivity contribution in [2.45, 2.75) is 0 Å². The van der Waals surface area contributed by atoms with Crippen LogP contribution in [0.25, 0.3) is 0 Å². The highest BCUT2D eigenvalue weighted by atomic mass is 16.5. The van der Waals surface area contributed by atoms with Crippen molar-refractivity contribution >= 4 is 23.4 Å². The maximum atomic E-state index is 11.1. The van der Waals surface area contributed by atoms with Crippen LogP contribution in [0.2, 0.25) is 0 Å². The van der Waals surface area contributed by atoms with Crippen molar-refractivity contribution < 1.29 is 14.3 Å². The van der Waals surface area contributed by atoms with Crippen LogP contribution < -0.4 is 10.1 Å². The average molecular weight is 218 g/mol. The second kappa shape index (κ2) is 5.48. The number of hydrogen-bond acceptors (Lipinski definition) is 4. The lowest BCUT2D eigenvalue weighted by Crippen LogP contribution is -2.08. The fourth-order valence-corrected chi connectivity index (χ4v) is 1.09. The molecule has 1 aromatic rings. The standard InChI is InChI=1S/C11H10N2O3/c1-3-11(15)13-9-5-4-8(12-7-14)6-10(9)16-2/h3-6H,1H2,2H3,(H,13,15). The Morgan fingerprint density at radius 3 is 2.94 bits per heavy atom. The van der Waals surface area contributed by atoms with Gasteiger partial charge in [0.25, 0.3) is 0 Å². The zero-order chi connectivity index (χ0) is 12.0. The minimum absolute atomic E-state index is 0.343. The molecule has 0 aliphatic carbocycles. The van der Waals surface area contributed by atoms with E-state index in [4.69, 9.17) is 4.74 Å². The molecule has 1 N–H and O–H groups in total. The van der Waals surface area contributed by atoms with E-state index in [1.54, 1.807) is 12.1 Å². The molecule has 16 heavy (non-hydrogen) atoms. The van der Waals surface area contributed by atoms with Crippen LogP contribution in [0.4, 0.5) is 11.4 Å². The number of amides is 1. The van der Waals surface area contributed by atoms with E-state index in [1.165, 1.54) is 19.3 Å². The van der Waals surface area contributed by atoms with Crippen molar-refractivity contribution in [1.82, 2.24) is 0 Å². The van der Waals surface area contributed by atoms with Crippen molar-refractivity contribution in [3.63, 3.8) is 0 Å². The molecular formula is C11H10N2O3. The van der Waals surface area contributed by atoms with Gasteiger partial charge in [-0.15, -0.1) is 0 Å². The smallest absolute Gasteiger partial charge is 0.247 e. The molecule has 0 aromatic heterocycles. The summed E-state index contributed by atoms with van der Waals surface area (Å²) in [7, 11) is 1.45. The van der Waals surface area contributed by atoms with Gasteiger partial charge >= 0.3 is 0 Å². The van der Waals surface area contributed by atoms with E-state index < -0.39 is 0 Å². The van der Waals surface area contributed by atoms with Crippen LogP contribution >= 0.6 is 0 Å². The molecule has 0 unspecified atom stereocenters. The Balaban J connectivity index is 3.05. The molecule has 5 heteroatoms. The lowest BCUT2D eigenvalue weighted by atomic mass is 10.2. The summed E-state index contributed by atoms with van der Waals surface area (Å²) >= 11 is 0. The second-order valence-electron chi connectivity index (χ2n) is 2.78. The quantitative estimate of drug-likeness (QED) is 0.476. The largest absolute Gasteiger partial charge is 0.494 e. The Labute approximate surface area is 92.4 Å². The van der Waals surface area contributed by atoms with Gasteiger partial charge in [0, 0.05) is 6.07 Å². The molecule has 0 aliphatic heterocycles. The van der Waals surface area contributed by atoms with E-state index >= 15 is 0 Å². The van der Waals surface area contributed by atoms with Crippen LogP contribution in [-0.4, -0.2) is 19.1 Å². The summed E-state index contributed by atoms with van der Waals surface area (Å²) in [5.74, 6) is 0.0663. The Morgan fingerprint density at radius 1 is 1.62 bits per heavy atom. The normalized spacial score (nSPS) is 8.81. The van der Waals surface area contributed by atoms with E-state index in [-0.39, 0.29) is 5.91 Å². The van der Waals surface area contributed by atoms with Gasteiger partial charge in [-0.2, -0.15) is 4.99 Å². The summed E-state index contributed by atoms with van der Waals surface area (Å²) in [6, 6.07) is 4.66. The van der Waals surface area contributed by atoms with Gasteiger partial charge in [-0.1, -0.05) is 6.58 Å². The number of hydrogen-bond donors (Lipinski definition) is 1. The summed E-state index contributed by atoms with van der Waals surface area (Å²) in [5, 5.41) is 2.56. The fraction of sp³-hybridized carbons (Fsp3) is 0.0909. The van der Waals surface area contributed by atoms with Crippen molar-refractivity contribution in [2.24, 2.45) is 4.99 Å². The number of isocyanates is 1. The molecule has 0 heterocycles. The molecule has 0 fully saturated rings. The van der Waals surface area contributed by atoms with Crippen LogP contribution in [0.15, 0.2) is 35.8 Å². The summed E-state index contributed by atoms with van der Waals surface area (Å²) in [4.78, 5) is 24.6. The van der Waals surface area contributed by atoms with E-state index in [0.29, 0.717) is 17.1 Å². The van der Waals surface area contributed by atoms with Gasteiger partial charge in [0.15, 0.2) is 0 Å². The lowest BCUT2D eigenvalue weighted by molar-refractivity contribution is -0.111. The third-order valence-electron chi connectivity index (χ3n) is 1.80. The molecule has 0 bridgehead atoms. The first-order chi connectivity index (χ1) is 7.71. The summed E-state index contributed by atoms with van der Waals surface area (Å²) in [5.41, 5.74) is 0.890. The van der Waals surface area contributed by atoms with E-state index in [0.717, 1.165) is 6.08 Å². The molecular weight excluding hydrogens is 208 g/mol. The number of carbonyl (C=O) groups is 1. The van der Waals surface area contributed by atoms with Crippen molar-refractivity contribution in [3.05, 3.63) is 30.9 Å². The van der Waals surface area contributed by atoms with Crippen molar-refractivity contribution in [2.75, 3.05) is 12.4 Å². The molecule has 0 radical (unpaired) electrons. The molecule has 82 valence electrons. The van der Waals surface area contributed by atoms with Gasteiger partial charge in [-0.25, -0.2) is 4.79 Å². The van der Waals surface area contributed by atoms with E-state index in [9.17, 15) is 9.59 Å². The topological polar surface area (TPSA) is 67.8 Å². The Hall–Kier alpha value is -2.39. The molecule has 0 aliphatic rings. The first-order valence-electron chi connectivity index (χ1n) is 4.40. The molecule has 0 saturated carbocycles. The van der Waals surface area contributed by atoms with Crippen LogP contribution in [-0.2, 0) is 9.59 Å². The van der Waals surface area contributed by atoms with Crippen molar-refractivity contribution in [1.29, 1.82) is 0 Å². The zero-order valence-corrected chi connectivity index (χ0v) is 8.69. The van der Waals surface area contributed by atoms with Gasteiger partial charge < -0.3 is 10.1 Å². The number of ether oxygens (including phenoxy) is 1. The molecule has 0 saturated heterocycles. The predicted molar refractivity (Wildman–Crippen MR) is 59.6 cm³/mol. The highest BCUT2D eigenvalue weighted by molar-refractivity contribution is 6.00. The first-order valence-corrected chi connectivity index (χ1v) is 4.40. The summed E-state index contributed by atoms with van der Waals surface area (Å²) < 4.78 is 5.04. The summed E-state index contributed by atoms with van der Waals surface area (Å²) in [6.07, 6.45) is 2.57. The van der Waals surface area contributed by atoms with Gasteiger partial charge in [-0.3, -0.25) is 4.79 Å². The maximum Gasteiger partial charge on any atom is 0.247 e. The first kappa shape index (κ1) is 11.7. The van der Waals surface area contributed by atoms with Crippen molar-refractivity contribution in [3.8, 4) is 5.75 Å². The van der Waals surface area contributed by atoms with E-state index in [1.807, 2.05) is 0 Å². The number of carbonyl (C=O) groups excluding carboxylic acids is 2. The minimum Gasteiger partial charge on any atom is -0.494 e. The van der Waals surface area contributed by atoms with Crippen LogP contribution in [0.3, 0.4) is 0 Å². The summed E-state index contributed by atoms with van der Waals surface area (Å²) in [6.45, 7) is 3.34. The Kier molecular flexibility index (Phi) is 4.00. The maximum absolute atomic E-state index is 11.1. The third-order valence-corrected chi connectivity index (χ3v) is 1.80. The lowest BCUT2D eigenvalue weighted by Gasteiger charge is -2.08. The van der Waals surface area contributed by atoms with Gasteiger partial charge in [0.2, 0.25) is 12.0 Å². The highest BCUT2D eigenvalue weighted by Crippen LogP contribution is 2.29. The Morgan fingerprint density at radius 2 is 2.38 bits per heavy atom. The minimum atomic E-state index is -0.343. The monoisotopic (exact) mass is 218 g/mol. The third kappa shape index (κ3) is 2.80. The fourth-order valence-electron chi connectivity index (χ4n) is 1.09. The number of nitrogens with zero attached hydrogens (tertiary/aromatic N) is 1. The number of rotatable bonds is 4. The number of aliphatic imine (C=N–C) groups is 1. The molecule has 1 aromatic carbocycles. The van der Waals surface area contributed by atoms with Crippen LogP contribution in [0, 0.1) is 0 Å².